The maximum Gasteiger partial charge on any atom is 0.261 e. The van der Waals surface area contributed by atoms with Gasteiger partial charge in [-0.1, -0.05) is 11.6 Å². The van der Waals surface area contributed by atoms with Crippen LogP contribution in [0.2, 0.25) is 5.02 Å². The van der Waals surface area contributed by atoms with Gasteiger partial charge in [0.15, 0.2) is 0 Å². The Labute approximate surface area is 161 Å². The smallest absolute Gasteiger partial charge is 0.261 e. The van der Waals surface area contributed by atoms with Crippen molar-refractivity contribution in [2.45, 2.75) is 31.0 Å². The first-order chi connectivity index (χ1) is 12.7. The number of sulfonamides is 1. The van der Waals surface area contributed by atoms with Gasteiger partial charge in [-0.05, 0) is 44.2 Å². The molecule has 1 fully saturated rings. The van der Waals surface area contributed by atoms with Crippen LogP contribution in [0.1, 0.15) is 13.8 Å². The molecule has 1 aliphatic heterocycles. The van der Waals surface area contributed by atoms with E-state index in [1.54, 1.807) is 0 Å². The minimum atomic E-state index is -4.03. The van der Waals surface area contributed by atoms with Gasteiger partial charge in [0.05, 0.1) is 33.5 Å². The van der Waals surface area contributed by atoms with Crippen molar-refractivity contribution in [3.63, 3.8) is 0 Å². The van der Waals surface area contributed by atoms with Crippen LogP contribution in [0.5, 0.6) is 0 Å². The first-order valence-electron chi connectivity index (χ1n) is 8.33. The van der Waals surface area contributed by atoms with Crippen LogP contribution >= 0.6 is 11.6 Å². The van der Waals surface area contributed by atoms with Crippen LogP contribution in [0, 0.1) is 11.6 Å². The van der Waals surface area contributed by atoms with Gasteiger partial charge in [0.25, 0.3) is 10.0 Å². The van der Waals surface area contributed by atoms with Crippen molar-refractivity contribution in [3.05, 3.63) is 53.1 Å². The third kappa shape index (κ3) is 4.51. The minimum Gasteiger partial charge on any atom is -0.372 e. The monoisotopic (exact) mass is 416 g/mol. The molecule has 0 bridgehead atoms. The van der Waals surface area contributed by atoms with E-state index < -0.39 is 21.7 Å². The molecule has 3 rings (SSSR count). The van der Waals surface area contributed by atoms with E-state index in [0.29, 0.717) is 18.8 Å². The van der Waals surface area contributed by atoms with Crippen molar-refractivity contribution in [1.29, 1.82) is 0 Å². The number of ether oxygens (including phenoxy) is 1. The van der Waals surface area contributed by atoms with Gasteiger partial charge in [0.1, 0.15) is 11.6 Å². The SMILES string of the molecule is C[C@H]1CN(c2ccc(NS(=O)(=O)c3ccc(F)c(Cl)c3)cc2F)C[C@H](C)O1. The highest BCUT2D eigenvalue weighted by Gasteiger charge is 2.25. The molecule has 0 spiro atoms. The number of hydrogen-bond acceptors (Lipinski definition) is 4. The Morgan fingerprint density at radius 1 is 1.07 bits per heavy atom. The van der Waals surface area contributed by atoms with Crippen LogP contribution in [0.25, 0.3) is 0 Å². The van der Waals surface area contributed by atoms with Crippen LogP contribution < -0.4 is 9.62 Å². The van der Waals surface area contributed by atoms with Crippen molar-refractivity contribution < 1.29 is 21.9 Å². The molecule has 0 radical (unpaired) electrons. The number of nitrogens with zero attached hydrogens (tertiary/aromatic N) is 1. The second kappa shape index (κ2) is 7.61. The molecule has 1 heterocycles. The molecule has 2 aromatic carbocycles. The highest BCUT2D eigenvalue weighted by Crippen LogP contribution is 2.28. The highest BCUT2D eigenvalue weighted by molar-refractivity contribution is 7.92. The number of nitrogens with one attached hydrogen (secondary N) is 1. The summed E-state index contributed by atoms with van der Waals surface area (Å²) in [5.74, 6) is -1.27. The molecule has 0 amide bonds. The summed E-state index contributed by atoms with van der Waals surface area (Å²) in [6, 6.07) is 7.16. The predicted octanol–water partition coefficient (Wildman–Crippen LogP) is 4.03. The van der Waals surface area contributed by atoms with Crippen molar-refractivity contribution in [1.82, 2.24) is 0 Å². The molecule has 27 heavy (non-hydrogen) atoms. The summed E-state index contributed by atoms with van der Waals surface area (Å²) in [5, 5.41) is -0.310. The molecule has 2 aromatic rings. The summed E-state index contributed by atoms with van der Waals surface area (Å²) in [7, 11) is -4.03. The lowest BCUT2D eigenvalue weighted by Crippen LogP contribution is -2.45. The molecule has 2 atom stereocenters. The summed E-state index contributed by atoms with van der Waals surface area (Å²) in [6.45, 7) is 4.91. The molecule has 5 nitrogen and oxygen atoms in total. The van der Waals surface area contributed by atoms with Crippen LogP contribution in [0.3, 0.4) is 0 Å². The second-order valence-electron chi connectivity index (χ2n) is 6.51. The maximum atomic E-state index is 14.6. The Balaban J connectivity index is 1.82. The number of halogens is 3. The van der Waals surface area contributed by atoms with Crippen molar-refractivity contribution in [2.75, 3.05) is 22.7 Å². The van der Waals surface area contributed by atoms with Gasteiger partial charge in [0.2, 0.25) is 0 Å². The summed E-state index contributed by atoms with van der Waals surface area (Å²) in [5.41, 5.74) is 0.441. The maximum absolute atomic E-state index is 14.6. The summed E-state index contributed by atoms with van der Waals surface area (Å²) in [4.78, 5) is 1.65. The summed E-state index contributed by atoms with van der Waals surface area (Å²) < 4.78 is 60.6. The van der Waals surface area contributed by atoms with E-state index in [-0.39, 0.29) is 27.8 Å². The average molecular weight is 417 g/mol. The molecule has 0 unspecified atom stereocenters. The lowest BCUT2D eigenvalue weighted by molar-refractivity contribution is -0.00539. The van der Waals surface area contributed by atoms with Gasteiger partial charge >= 0.3 is 0 Å². The summed E-state index contributed by atoms with van der Waals surface area (Å²) in [6.07, 6.45) is -0.0656. The van der Waals surface area contributed by atoms with Crippen molar-refractivity contribution in [3.8, 4) is 0 Å². The Hall–Kier alpha value is -1.90. The average Bonchev–Trinajstić information content (AvgIpc) is 2.56. The summed E-state index contributed by atoms with van der Waals surface area (Å²) >= 11 is 5.64. The van der Waals surface area contributed by atoms with Crippen LogP contribution in [-0.2, 0) is 14.8 Å². The zero-order chi connectivity index (χ0) is 19.8. The Bertz CT molecular complexity index is 946. The van der Waals surface area contributed by atoms with Gasteiger partial charge in [0, 0.05) is 19.2 Å². The predicted molar refractivity (Wildman–Crippen MR) is 101 cm³/mol. The first-order valence-corrected chi connectivity index (χ1v) is 10.2. The highest BCUT2D eigenvalue weighted by atomic mass is 35.5. The van der Waals surface area contributed by atoms with Crippen LogP contribution in [0.15, 0.2) is 41.3 Å². The molecular formula is C18H19ClF2N2O3S. The molecule has 1 saturated heterocycles. The molecule has 1 aliphatic rings. The van der Waals surface area contributed by atoms with Gasteiger partial charge < -0.3 is 9.64 Å². The first kappa shape index (κ1) is 19.9. The van der Waals surface area contributed by atoms with E-state index >= 15 is 0 Å². The fourth-order valence-corrected chi connectivity index (χ4v) is 4.38. The van der Waals surface area contributed by atoms with Gasteiger partial charge in [-0.3, -0.25) is 4.72 Å². The van der Waals surface area contributed by atoms with Crippen LogP contribution in [0.4, 0.5) is 20.2 Å². The second-order valence-corrected chi connectivity index (χ2v) is 8.60. The van der Waals surface area contributed by atoms with Gasteiger partial charge in [-0.2, -0.15) is 0 Å². The number of anilines is 2. The fourth-order valence-electron chi connectivity index (χ4n) is 3.06. The third-order valence-corrected chi connectivity index (χ3v) is 5.83. The van der Waals surface area contributed by atoms with Gasteiger partial charge in [-0.25, -0.2) is 17.2 Å². The molecule has 1 N–H and O–H groups in total. The number of rotatable bonds is 4. The van der Waals surface area contributed by atoms with E-state index in [9.17, 15) is 17.2 Å². The molecule has 9 heteroatoms. The molecule has 0 aromatic heterocycles. The zero-order valence-corrected chi connectivity index (χ0v) is 16.3. The number of morpholine rings is 1. The third-order valence-electron chi connectivity index (χ3n) is 4.16. The van der Waals surface area contributed by atoms with Crippen molar-refractivity contribution >= 4 is 33.0 Å². The molecular weight excluding hydrogens is 398 g/mol. The molecule has 0 aliphatic carbocycles. The number of benzene rings is 2. The quantitative estimate of drug-likeness (QED) is 0.817. The lowest BCUT2D eigenvalue weighted by Gasteiger charge is -2.37. The Morgan fingerprint density at radius 2 is 1.74 bits per heavy atom. The fraction of sp³-hybridized carbons (Fsp3) is 0.333. The Morgan fingerprint density at radius 3 is 2.33 bits per heavy atom. The van der Waals surface area contributed by atoms with E-state index in [0.717, 1.165) is 24.3 Å². The largest absolute Gasteiger partial charge is 0.372 e. The molecule has 146 valence electrons. The van der Waals surface area contributed by atoms with E-state index in [1.165, 1.54) is 12.1 Å². The van der Waals surface area contributed by atoms with E-state index in [1.807, 2.05) is 18.7 Å². The van der Waals surface area contributed by atoms with Crippen LogP contribution in [-0.4, -0.2) is 33.7 Å². The normalized spacial score (nSPS) is 20.6. The minimum absolute atomic E-state index is 0.0328. The topological polar surface area (TPSA) is 58.6 Å². The van der Waals surface area contributed by atoms with E-state index in [2.05, 4.69) is 4.72 Å². The van der Waals surface area contributed by atoms with Crippen molar-refractivity contribution in [2.24, 2.45) is 0 Å². The lowest BCUT2D eigenvalue weighted by atomic mass is 10.2. The van der Waals surface area contributed by atoms with Gasteiger partial charge in [-0.15, -0.1) is 0 Å². The standard InChI is InChI=1S/C18H19ClF2N2O3S/c1-11-9-23(10-12(2)26-11)18-6-3-13(7-17(18)21)22-27(24,25)14-4-5-16(20)15(19)8-14/h3-8,11-12,22H,9-10H2,1-2H3/t11-,12-/m0/s1. The molecule has 0 saturated carbocycles. The number of hydrogen-bond donors (Lipinski definition) is 1. The zero-order valence-electron chi connectivity index (χ0n) is 14.7. The Kier molecular flexibility index (Phi) is 5.60. The van der Waals surface area contributed by atoms with E-state index in [4.69, 9.17) is 16.3 Å².